The molecule has 0 saturated heterocycles. The van der Waals surface area contributed by atoms with Crippen LogP contribution in [-0.2, 0) is 0 Å². The third kappa shape index (κ3) is 2.68. The molecule has 0 saturated carbocycles. The van der Waals surface area contributed by atoms with Crippen molar-refractivity contribution in [3.8, 4) is 11.8 Å². The van der Waals surface area contributed by atoms with Crippen LogP contribution in [0.25, 0.3) is 0 Å². The standard InChI is InChI=1S/C11H13NOS/c1-13-10-5-3-4-9(8-10)11(14-2)6-7-12/h3-5,8,11H,6H2,1-2H3. The Bertz CT molecular complexity index is 332. The molecule has 0 amide bonds. The van der Waals surface area contributed by atoms with E-state index in [1.807, 2.05) is 30.5 Å². The van der Waals surface area contributed by atoms with Crippen molar-refractivity contribution in [3.05, 3.63) is 29.8 Å². The number of hydrogen-bond acceptors (Lipinski definition) is 3. The minimum atomic E-state index is 0.245. The second-order valence-corrected chi connectivity index (χ2v) is 3.90. The number of benzene rings is 1. The first-order valence-corrected chi connectivity index (χ1v) is 5.64. The Kier molecular flexibility index (Phi) is 4.34. The first kappa shape index (κ1) is 10.9. The van der Waals surface area contributed by atoms with Crippen molar-refractivity contribution in [1.29, 1.82) is 5.26 Å². The normalized spacial score (nSPS) is 11.8. The first-order chi connectivity index (χ1) is 6.81. The molecule has 0 aromatic heterocycles. The van der Waals surface area contributed by atoms with Crippen LogP contribution in [0.3, 0.4) is 0 Å². The van der Waals surface area contributed by atoms with Crippen LogP contribution in [0.2, 0.25) is 0 Å². The van der Waals surface area contributed by atoms with Gasteiger partial charge in [0.1, 0.15) is 5.75 Å². The zero-order valence-electron chi connectivity index (χ0n) is 8.36. The molecule has 1 atom stereocenters. The summed E-state index contributed by atoms with van der Waals surface area (Å²) in [7, 11) is 1.65. The van der Waals surface area contributed by atoms with E-state index in [1.165, 1.54) is 0 Å². The van der Waals surface area contributed by atoms with Gasteiger partial charge in [0.05, 0.1) is 19.6 Å². The molecule has 0 fully saturated rings. The molecule has 0 aliphatic heterocycles. The molecule has 1 unspecified atom stereocenters. The van der Waals surface area contributed by atoms with Gasteiger partial charge in [0.25, 0.3) is 0 Å². The Labute approximate surface area is 88.9 Å². The lowest BCUT2D eigenvalue weighted by molar-refractivity contribution is 0.414. The van der Waals surface area contributed by atoms with E-state index in [1.54, 1.807) is 18.9 Å². The van der Waals surface area contributed by atoms with Crippen LogP contribution in [0.15, 0.2) is 24.3 Å². The zero-order valence-corrected chi connectivity index (χ0v) is 9.17. The maximum atomic E-state index is 8.66. The molecular formula is C11H13NOS. The fourth-order valence-electron chi connectivity index (χ4n) is 1.26. The van der Waals surface area contributed by atoms with Crippen molar-refractivity contribution < 1.29 is 4.74 Å². The van der Waals surface area contributed by atoms with Crippen LogP contribution < -0.4 is 4.74 Å². The lowest BCUT2D eigenvalue weighted by Gasteiger charge is -2.11. The SMILES string of the molecule is COc1cccc(C(CC#N)SC)c1. The van der Waals surface area contributed by atoms with Crippen molar-refractivity contribution in [2.45, 2.75) is 11.7 Å². The van der Waals surface area contributed by atoms with Crippen LogP contribution in [0.4, 0.5) is 0 Å². The van der Waals surface area contributed by atoms with Crippen LogP contribution in [-0.4, -0.2) is 13.4 Å². The Hall–Kier alpha value is -1.14. The lowest BCUT2D eigenvalue weighted by atomic mass is 10.1. The molecule has 74 valence electrons. The van der Waals surface area contributed by atoms with E-state index in [0.717, 1.165) is 11.3 Å². The van der Waals surface area contributed by atoms with Gasteiger partial charge in [-0.05, 0) is 24.0 Å². The van der Waals surface area contributed by atoms with Gasteiger partial charge >= 0.3 is 0 Å². The molecule has 0 aliphatic rings. The fraction of sp³-hybridized carbons (Fsp3) is 0.364. The molecule has 1 aromatic rings. The summed E-state index contributed by atoms with van der Waals surface area (Å²) >= 11 is 1.69. The van der Waals surface area contributed by atoms with Gasteiger partial charge in [-0.3, -0.25) is 0 Å². The van der Waals surface area contributed by atoms with Crippen LogP contribution in [0.1, 0.15) is 17.2 Å². The molecule has 1 rings (SSSR count). The molecular weight excluding hydrogens is 194 g/mol. The van der Waals surface area contributed by atoms with E-state index in [2.05, 4.69) is 6.07 Å². The number of rotatable bonds is 4. The molecule has 3 heteroatoms. The molecule has 0 aliphatic carbocycles. The summed E-state index contributed by atoms with van der Waals surface area (Å²) in [4.78, 5) is 0. The predicted molar refractivity (Wildman–Crippen MR) is 59.5 cm³/mol. The number of methoxy groups -OCH3 is 1. The largest absolute Gasteiger partial charge is 0.497 e. The monoisotopic (exact) mass is 207 g/mol. The number of ether oxygens (including phenoxy) is 1. The third-order valence-corrected chi connectivity index (χ3v) is 3.03. The minimum Gasteiger partial charge on any atom is -0.497 e. The quantitative estimate of drug-likeness (QED) is 0.761. The van der Waals surface area contributed by atoms with Crippen molar-refractivity contribution >= 4 is 11.8 Å². The summed E-state index contributed by atoms with van der Waals surface area (Å²) in [6.45, 7) is 0. The van der Waals surface area contributed by atoms with Gasteiger partial charge in [-0.15, -0.1) is 0 Å². The number of thioether (sulfide) groups is 1. The highest BCUT2D eigenvalue weighted by Gasteiger charge is 2.09. The second kappa shape index (κ2) is 5.56. The molecule has 0 N–H and O–H groups in total. The van der Waals surface area contributed by atoms with Gasteiger partial charge < -0.3 is 4.74 Å². The first-order valence-electron chi connectivity index (χ1n) is 4.35. The smallest absolute Gasteiger partial charge is 0.119 e. The fourth-order valence-corrected chi connectivity index (χ4v) is 1.92. The van der Waals surface area contributed by atoms with Crippen LogP contribution in [0, 0.1) is 11.3 Å². The van der Waals surface area contributed by atoms with E-state index in [0.29, 0.717) is 6.42 Å². The molecule has 1 aromatic carbocycles. The van der Waals surface area contributed by atoms with E-state index < -0.39 is 0 Å². The van der Waals surface area contributed by atoms with E-state index in [4.69, 9.17) is 10.00 Å². The van der Waals surface area contributed by atoms with Gasteiger partial charge in [0.2, 0.25) is 0 Å². The number of nitrogens with zero attached hydrogens (tertiary/aromatic N) is 1. The lowest BCUT2D eigenvalue weighted by Crippen LogP contribution is -1.93. The van der Waals surface area contributed by atoms with Crippen LogP contribution in [0.5, 0.6) is 5.75 Å². The molecule has 2 nitrogen and oxygen atoms in total. The highest BCUT2D eigenvalue weighted by atomic mass is 32.2. The van der Waals surface area contributed by atoms with Crippen molar-refractivity contribution in [2.24, 2.45) is 0 Å². The predicted octanol–water partition coefficient (Wildman–Crippen LogP) is 3.01. The van der Waals surface area contributed by atoms with Gasteiger partial charge in [-0.25, -0.2) is 0 Å². The topological polar surface area (TPSA) is 33.0 Å². The Balaban J connectivity index is 2.87. The van der Waals surface area contributed by atoms with E-state index in [9.17, 15) is 0 Å². The van der Waals surface area contributed by atoms with Gasteiger partial charge in [-0.2, -0.15) is 17.0 Å². The summed E-state index contributed by atoms with van der Waals surface area (Å²) in [5, 5.41) is 8.91. The molecule has 0 spiro atoms. The van der Waals surface area contributed by atoms with Crippen molar-refractivity contribution in [2.75, 3.05) is 13.4 Å². The third-order valence-electron chi connectivity index (χ3n) is 2.03. The number of hydrogen-bond donors (Lipinski definition) is 0. The maximum absolute atomic E-state index is 8.66. The summed E-state index contributed by atoms with van der Waals surface area (Å²) in [6, 6.07) is 10.1. The highest BCUT2D eigenvalue weighted by Crippen LogP contribution is 2.31. The number of nitriles is 1. The minimum absolute atomic E-state index is 0.245. The molecule has 0 heterocycles. The van der Waals surface area contributed by atoms with Crippen molar-refractivity contribution in [3.63, 3.8) is 0 Å². The van der Waals surface area contributed by atoms with E-state index >= 15 is 0 Å². The molecule has 14 heavy (non-hydrogen) atoms. The average Bonchev–Trinajstić information content (AvgIpc) is 2.26. The van der Waals surface area contributed by atoms with Gasteiger partial charge in [-0.1, -0.05) is 12.1 Å². The average molecular weight is 207 g/mol. The highest BCUT2D eigenvalue weighted by molar-refractivity contribution is 7.98. The Morgan fingerprint density at radius 1 is 1.57 bits per heavy atom. The van der Waals surface area contributed by atoms with Gasteiger partial charge in [0.15, 0.2) is 0 Å². The summed E-state index contributed by atoms with van der Waals surface area (Å²) < 4.78 is 5.14. The van der Waals surface area contributed by atoms with Crippen molar-refractivity contribution in [1.82, 2.24) is 0 Å². The summed E-state index contributed by atoms with van der Waals surface area (Å²) in [5.41, 5.74) is 1.15. The van der Waals surface area contributed by atoms with E-state index in [-0.39, 0.29) is 5.25 Å². The summed E-state index contributed by atoms with van der Waals surface area (Å²) in [6.07, 6.45) is 2.55. The van der Waals surface area contributed by atoms with Gasteiger partial charge in [0, 0.05) is 5.25 Å². The van der Waals surface area contributed by atoms with Crippen LogP contribution >= 0.6 is 11.8 Å². The Morgan fingerprint density at radius 3 is 2.93 bits per heavy atom. The molecule has 0 radical (unpaired) electrons. The summed E-state index contributed by atoms with van der Waals surface area (Å²) in [5.74, 6) is 0.847. The Morgan fingerprint density at radius 2 is 2.36 bits per heavy atom. The second-order valence-electron chi connectivity index (χ2n) is 2.86. The molecule has 0 bridgehead atoms. The zero-order chi connectivity index (χ0) is 10.4. The maximum Gasteiger partial charge on any atom is 0.119 e.